The van der Waals surface area contributed by atoms with E-state index in [0.29, 0.717) is 0 Å². The Morgan fingerprint density at radius 2 is 2.00 bits per heavy atom. The summed E-state index contributed by atoms with van der Waals surface area (Å²) in [6.07, 6.45) is 3.82. The van der Waals surface area contributed by atoms with E-state index in [4.69, 9.17) is 0 Å². The zero-order chi connectivity index (χ0) is 11.7. The minimum absolute atomic E-state index is 0.0282. The number of nitrogens with one attached hydrogen (secondary N) is 1. The Morgan fingerprint density at radius 1 is 1.18 bits per heavy atom. The Morgan fingerprint density at radius 3 is 2.82 bits per heavy atom. The largest absolute Gasteiger partial charge is 0.311 e. The van der Waals surface area contributed by atoms with E-state index >= 15 is 0 Å². The SMILES string of the molecule is Fc1cccc2c1[C@H](N1CCCCC1)CNC2. The summed E-state index contributed by atoms with van der Waals surface area (Å²) in [7, 11) is 0. The molecule has 2 aliphatic rings. The lowest BCUT2D eigenvalue weighted by Gasteiger charge is -2.38. The zero-order valence-corrected chi connectivity index (χ0v) is 10.1. The summed E-state index contributed by atoms with van der Waals surface area (Å²) in [5.74, 6) is -0.0282. The second-order valence-electron chi connectivity index (χ2n) is 5.06. The van der Waals surface area contributed by atoms with Gasteiger partial charge in [0.05, 0.1) is 6.04 Å². The van der Waals surface area contributed by atoms with Crippen LogP contribution in [-0.2, 0) is 6.54 Å². The first-order valence-corrected chi connectivity index (χ1v) is 6.58. The van der Waals surface area contributed by atoms with Gasteiger partial charge < -0.3 is 5.32 Å². The molecular weight excluding hydrogens is 215 g/mol. The van der Waals surface area contributed by atoms with Crippen molar-refractivity contribution in [3.8, 4) is 0 Å². The molecule has 2 nitrogen and oxygen atoms in total. The van der Waals surface area contributed by atoms with E-state index in [9.17, 15) is 4.39 Å². The highest BCUT2D eigenvalue weighted by atomic mass is 19.1. The lowest BCUT2D eigenvalue weighted by atomic mass is 9.93. The number of likely N-dealkylation sites (tertiary alicyclic amines) is 1. The summed E-state index contributed by atoms with van der Waals surface area (Å²) in [6, 6.07) is 5.69. The molecule has 1 N–H and O–H groups in total. The molecule has 2 heterocycles. The maximum absolute atomic E-state index is 14.0. The van der Waals surface area contributed by atoms with Gasteiger partial charge in [-0.2, -0.15) is 0 Å². The molecule has 2 aliphatic heterocycles. The number of nitrogens with zero attached hydrogens (tertiary/aromatic N) is 1. The number of hydrogen-bond acceptors (Lipinski definition) is 2. The lowest BCUT2D eigenvalue weighted by molar-refractivity contribution is 0.151. The fourth-order valence-electron chi connectivity index (χ4n) is 3.10. The van der Waals surface area contributed by atoms with Crippen molar-refractivity contribution < 1.29 is 4.39 Å². The van der Waals surface area contributed by atoms with E-state index in [0.717, 1.165) is 37.3 Å². The summed E-state index contributed by atoms with van der Waals surface area (Å²) in [6.45, 7) is 3.91. The minimum Gasteiger partial charge on any atom is -0.311 e. The van der Waals surface area contributed by atoms with Crippen LogP contribution in [0, 0.1) is 5.82 Å². The van der Waals surface area contributed by atoms with Crippen molar-refractivity contribution in [2.45, 2.75) is 31.8 Å². The Labute approximate surface area is 102 Å². The van der Waals surface area contributed by atoms with Crippen molar-refractivity contribution in [2.75, 3.05) is 19.6 Å². The molecule has 17 heavy (non-hydrogen) atoms. The van der Waals surface area contributed by atoms with Gasteiger partial charge in [-0.15, -0.1) is 0 Å². The first kappa shape index (κ1) is 11.2. The molecule has 0 unspecified atom stereocenters. The fraction of sp³-hybridized carbons (Fsp3) is 0.571. The Kier molecular flexibility index (Phi) is 3.12. The van der Waals surface area contributed by atoms with Crippen LogP contribution in [0.4, 0.5) is 4.39 Å². The smallest absolute Gasteiger partial charge is 0.128 e. The highest BCUT2D eigenvalue weighted by Crippen LogP contribution is 2.31. The van der Waals surface area contributed by atoms with Crippen molar-refractivity contribution in [2.24, 2.45) is 0 Å². The molecule has 3 heteroatoms. The van der Waals surface area contributed by atoms with Crippen LogP contribution in [0.2, 0.25) is 0 Å². The standard InChI is InChI=1S/C14H19FN2/c15-12-6-4-5-11-9-16-10-13(14(11)12)17-7-2-1-3-8-17/h4-6,13,16H,1-3,7-10H2/t13-/m1/s1. The molecule has 0 spiro atoms. The Balaban J connectivity index is 1.92. The Hall–Kier alpha value is -0.930. The third kappa shape index (κ3) is 2.09. The van der Waals surface area contributed by atoms with Gasteiger partial charge in [0.1, 0.15) is 5.82 Å². The highest BCUT2D eigenvalue weighted by molar-refractivity contribution is 5.33. The molecule has 1 aromatic carbocycles. The van der Waals surface area contributed by atoms with Gasteiger partial charge in [0, 0.05) is 18.7 Å². The summed E-state index contributed by atoms with van der Waals surface area (Å²) >= 11 is 0. The Bertz CT molecular complexity index is 399. The normalized spacial score (nSPS) is 25.6. The summed E-state index contributed by atoms with van der Waals surface area (Å²) in [5, 5.41) is 3.41. The number of hydrogen-bond donors (Lipinski definition) is 1. The summed E-state index contributed by atoms with van der Waals surface area (Å²) in [5.41, 5.74) is 2.07. The van der Waals surface area contributed by atoms with Gasteiger partial charge in [0.25, 0.3) is 0 Å². The molecule has 1 fully saturated rings. The third-order valence-corrected chi connectivity index (χ3v) is 3.96. The van der Waals surface area contributed by atoms with Crippen molar-refractivity contribution in [3.05, 3.63) is 35.1 Å². The molecule has 0 aliphatic carbocycles. The molecule has 0 bridgehead atoms. The molecule has 0 saturated carbocycles. The van der Waals surface area contributed by atoms with Gasteiger partial charge in [-0.1, -0.05) is 18.6 Å². The molecule has 3 rings (SSSR count). The van der Waals surface area contributed by atoms with E-state index in [1.807, 2.05) is 12.1 Å². The van der Waals surface area contributed by atoms with Crippen LogP contribution in [0.1, 0.15) is 36.4 Å². The van der Waals surface area contributed by atoms with Crippen LogP contribution in [0.15, 0.2) is 18.2 Å². The van der Waals surface area contributed by atoms with Crippen LogP contribution < -0.4 is 5.32 Å². The monoisotopic (exact) mass is 234 g/mol. The first-order chi connectivity index (χ1) is 8.36. The molecule has 0 amide bonds. The minimum atomic E-state index is -0.0282. The molecule has 92 valence electrons. The maximum atomic E-state index is 14.0. The van der Waals surface area contributed by atoms with Crippen LogP contribution in [0.25, 0.3) is 0 Å². The molecule has 0 radical (unpaired) electrons. The molecule has 1 aromatic rings. The van der Waals surface area contributed by atoms with Gasteiger partial charge in [0.15, 0.2) is 0 Å². The highest BCUT2D eigenvalue weighted by Gasteiger charge is 2.28. The number of fused-ring (bicyclic) bond motifs is 1. The lowest BCUT2D eigenvalue weighted by Crippen LogP contribution is -2.42. The molecule has 1 saturated heterocycles. The average Bonchev–Trinajstić information content (AvgIpc) is 2.39. The van der Waals surface area contributed by atoms with Gasteiger partial charge in [0.2, 0.25) is 0 Å². The third-order valence-electron chi connectivity index (χ3n) is 3.96. The average molecular weight is 234 g/mol. The summed E-state index contributed by atoms with van der Waals surface area (Å²) in [4.78, 5) is 2.44. The van der Waals surface area contributed by atoms with Gasteiger partial charge in [-0.05, 0) is 37.6 Å². The number of benzene rings is 1. The number of piperidine rings is 1. The zero-order valence-electron chi connectivity index (χ0n) is 10.1. The second kappa shape index (κ2) is 4.75. The van der Waals surface area contributed by atoms with Crippen LogP contribution in [0.5, 0.6) is 0 Å². The predicted molar refractivity (Wildman–Crippen MR) is 66.3 cm³/mol. The quantitative estimate of drug-likeness (QED) is 0.803. The van der Waals surface area contributed by atoms with Crippen molar-refractivity contribution in [1.82, 2.24) is 10.2 Å². The van der Waals surface area contributed by atoms with E-state index < -0.39 is 0 Å². The fourth-order valence-corrected chi connectivity index (χ4v) is 3.10. The van der Waals surface area contributed by atoms with Crippen molar-refractivity contribution >= 4 is 0 Å². The first-order valence-electron chi connectivity index (χ1n) is 6.58. The van der Waals surface area contributed by atoms with Crippen LogP contribution >= 0.6 is 0 Å². The van der Waals surface area contributed by atoms with Gasteiger partial charge >= 0.3 is 0 Å². The molecular formula is C14H19FN2. The van der Waals surface area contributed by atoms with Crippen LogP contribution in [-0.4, -0.2) is 24.5 Å². The van der Waals surface area contributed by atoms with Crippen molar-refractivity contribution in [1.29, 1.82) is 0 Å². The van der Waals surface area contributed by atoms with E-state index in [2.05, 4.69) is 10.2 Å². The predicted octanol–water partition coefficient (Wildman–Crippen LogP) is 2.46. The molecule has 0 aromatic heterocycles. The van der Waals surface area contributed by atoms with E-state index in [1.54, 1.807) is 6.07 Å². The second-order valence-corrected chi connectivity index (χ2v) is 5.06. The number of rotatable bonds is 1. The van der Waals surface area contributed by atoms with E-state index in [1.165, 1.54) is 19.3 Å². The maximum Gasteiger partial charge on any atom is 0.128 e. The van der Waals surface area contributed by atoms with Gasteiger partial charge in [-0.25, -0.2) is 4.39 Å². The summed E-state index contributed by atoms with van der Waals surface area (Å²) < 4.78 is 14.0. The van der Waals surface area contributed by atoms with Crippen molar-refractivity contribution in [3.63, 3.8) is 0 Å². The topological polar surface area (TPSA) is 15.3 Å². The molecule has 1 atom stereocenters. The van der Waals surface area contributed by atoms with Gasteiger partial charge in [-0.3, -0.25) is 4.90 Å². The van der Waals surface area contributed by atoms with E-state index in [-0.39, 0.29) is 11.9 Å². The number of halogens is 1. The van der Waals surface area contributed by atoms with Crippen LogP contribution in [0.3, 0.4) is 0 Å².